The number of piperidine rings is 1. The van der Waals surface area contributed by atoms with Gasteiger partial charge in [-0.15, -0.1) is 0 Å². The van der Waals surface area contributed by atoms with Crippen molar-refractivity contribution in [1.29, 1.82) is 0 Å². The zero-order chi connectivity index (χ0) is 13.5. The summed E-state index contributed by atoms with van der Waals surface area (Å²) in [5.41, 5.74) is 0.468. The number of hydrogen-bond donors (Lipinski definition) is 1. The largest absolute Gasteiger partial charge is 0.312 e. The molecular formula is C16H31N3. The summed E-state index contributed by atoms with van der Waals surface area (Å²) < 4.78 is 0. The molecule has 0 aromatic heterocycles. The zero-order valence-electron chi connectivity index (χ0n) is 13.0. The van der Waals surface area contributed by atoms with Crippen LogP contribution in [0.4, 0.5) is 0 Å². The predicted molar refractivity (Wildman–Crippen MR) is 80.4 cm³/mol. The first-order chi connectivity index (χ1) is 9.06. The summed E-state index contributed by atoms with van der Waals surface area (Å²) in [5, 5.41) is 3.78. The van der Waals surface area contributed by atoms with Gasteiger partial charge >= 0.3 is 0 Å². The first kappa shape index (κ1) is 13.8. The second kappa shape index (κ2) is 5.34. The average molecular weight is 265 g/mol. The summed E-state index contributed by atoms with van der Waals surface area (Å²) in [6.45, 7) is 9.96. The van der Waals surface area contributed by atoms with Gasteiger partial charge in [-0.25, -0.2) is 0 Å². The summed E-state index contributed by atoms with van der Waals surface area (Å²) in [6.07, 6.45) is 6.95. The molecule has 0 spiro atoms. The highest BCUT2D eigenvalue weighted by Gasteiger charge is 2.37. The third-order valence-electron chi connectivity index (χ3n) is 6.01. The van der Waals surface area contributed by atoms with Gasteiger partial charge in [-0.2, -0.15) is 0 Å². The van der Waals surface area contributed by atoms with Crippen LogP contribution in [0, 0.1) is 5.41 Å². The fourth-order valence-corrected chi connectivity index (χ4v) is 4.39. The lowest BCUT2D eigenvalue weighted by atomic mass is 9.77. The van der Waals surface area contributed by atoms with Gasteiger partial charge in [0.25, 0.3) is 0 Å². The first-order valence-corrected chi connectivity index (χ1v) is 8.24. The Bertz CT molecular complexity index is 315. The van der Waals surface area contributed by atoms with Crippen molar-refractivity contribution in [2.75, 3.05) is 33.2 Å². The van der Waals surface area contributed by atoms with Crippen LogP contribution in [0.5, 0.6) is 0 Å². The molecule has 3 unspecified atom stereocenters. The molecule has 1 N–H and O–H groups in total. The van der Waals surface area contributed by atoms with Crippen LogP contribution in [-0.2, 0) is 0 Å². The highest BCUT2D eigenvalue weighted by molar-refractivity contribution is 4.95. The maximum absolute atomic E-state index is 3.78. The van der Waals surface area contributed by atoms with Gasteiger partial charge in [-0.05, 0) is 57.7 Å². The Labute approximate surface area is 118 Å². The van der Waals surface area contributed by atoms with E-state index in [1.165, 1.54) is 58.3 Å². The number of nitrogens with one attached hydrogen (secondary N) is 1. The summed E-state index contributed by atoms with van der Waals surface area (Å²) in [6, 6.07) is 2.37. The maximum atomic E-state index is 3.78. The fraction of sp³-hybridized carbons (Fsp3) is 1.00. The van der Waals surface area contributed by atoms with E-state index in [1.54, 1.807) is 0 Å². The van der Waals surface area contributed by atoms with Gasteiger partial charge in [0.05, 0.1) is 0 Å². The van der Waals surface area contributed by atoms with E-state index in [2.05, 4.69) is 36.0 Å². The van der Waals surface area contributed by atoms with Crippen molar-refractivity contribution in [3.8, 4) is 0 Å². The molecule has 0 aliphatic carbocycles. The molecule has 110 valence electrons. The Balaban J connectivity index is 1.61. The van der Waals surface area contributed by atoms with E-state index < -0.39 is 0 Å². The molecule has 3 heteroatoms. The van der Waals surface area contributed by atoms with Crippen molar-refractivity contribution < 1.29 is 0 Å². The molecule has 0 aromatic carbocycles. The minimum Gasteiger partial charge on any atom is -0.312 e. The number of likely N-dealkylation sites (tertiary alicyclic amines) is 1. The second-order valence-electron chi connectivity index (χ2n) is 7.70. The minimum atomic E-state index is 0.468. The molecular weight excluding hydrogens is 234 g/mol. The monoisotopic (exact) mass is 265 g/mol. The first-order valence-electron chi connectivity index (χ1n) is 8.24. The molecule has 0 aromatic rings. The Morgan fingerprint density at radius 2 is 1.95 bits per heavy atom. The Kier molecular flexibility index (Phi) is 3.89. The van der Waals surface area contributed by atoms with E-state index >= 15 is 0 Å². The Morgan fingerprint density at radius 3 is 2.74 bits per heavy atom. The van der Waals surface area contributed by atoms with E-state index in [9.17, 15) is 0 Å². The van der Waals surface area contributed by atoms with Crippen molar-refractivity contribution in [3.63, 3.8) is 0 Å². The van der Waals surface area contributed by atoms with Gasteiger partial charge in [0.2, 0.25) is 0 Å². The molecule has 3 aliphatic heterocycles. The van der Waals surface area contributed by atoms with Crippen LogP contribution in [0.15, 0.2) is 0 Å². The normalized spacial score (nSPS) is 40.3. The molecule has 19 heavy (non-hydrogen) atoms. The van der Waals surface area contributed by atoms with Crippen molar-refractivity contribution >= 4 is 0 Å². The van der Waals surface area contributed by atoms with Gasteiger partial charge in [0, 0.05) is 31.2 Å². The summed E-state index contributed by atoms with van der Waals surface area (Å²) >= 11 is 0. The number of nitrogens with zero attached hydrogens (tertiary/aromatic N) is 2. The lowest BCUT2D eigenvalue weighted by Gasteiger charge is -2.42. The standard InChI is InChI=1S/C16H31N3/c1-16(2)8-4-9-17-15(16)12-19-10-7-13-5-6-14(11-19)18(13)3/h13-15,17H,4-12H2,1-3H3. The zero-order valence-corrected chi connectivity index (χ0v) is 13.0. The second-order valence-corrected chi connectivity index (χ2v) is 7.70. The van der Waals surface area contributed by atoms with Gasteiger partial charge in [0.15, 0.2) is 0 Å². The number of rotatable bonds is 2. The van der Waals surface area contributed by atoms with Crippen LogP contribution in [0.3, 0.4) is 0 Å². The van der Waals surface area contributed by atoms with E-state index in [0.29, 0.717) is 11.5 Å². The molecule has 0 amide bonds. The van der Waals surface area contributed by atoms with Crippen molar-refractivity contribution in [2.24, 2.45) is 5.41 Å². The van der Waals surface area contributed by atoms with Gasteiger partial charge < -0.3 is 10.2 Å². The Hall–Kier alpha value is -0.120. The molecule has 3 fully saturated rings. The number of fused-ring (bicyclic) bond motifs is 2. The van der Waals surface area contributed by atoms with E-state index in [4.69, 9.17) is 0 Å². The average Bonchev–Trinajstić information content (AvgIpc) is 2.59. The van der Waals surface area contributed by atoms with Gasteiger partial charge in [-0.3, -0.25) is 4.90 Å². The molecule has 3 saturated heterocycles. The maximum Gasteiger partial charge on any atom is 0.0246 e. The lowest BCUT2D eigenvalue weighted by Crippen LogP contribution is -2.53. The smallest absolute Gasteiger partial charge is 0.0246 e. The minimum absolute atomic E-state index is 0.468. The molecule has 3 heterocycles. The predicted octanol–water partition coefficient (Wildman–Crippen LogP) is 1.93. The molecule has 3 nitrogen and oxygen atoms in total. The molecule has 0 saturated carbocycles. The summed E-state index contributed by atoms with van der Waals surface area (Å²) in [5.74, 6) is 0. The number of hydrogen-bond acceptors (Lipinski definition) is 3. The topological polar surface area (TPSA) is 18.5 Å². The molecule has 3 rings (SSSR count). The molecule has 3 aliphatic rings. The van der Waals surface area contributed by atoms with Crippen LogP contribution >= 0.6 is 0 Å². The van der Waals surface area contributed by atoms with Crippen molar-refractivity contribution in [3.05, 3.63) is 0 Å². The van der Waals surface area contributed by atoms with Crippen LogP contribution in [0.1, 0.15) is 46.0 Å². The molecule has 0 radical (unpaired) electrons. The van der Waals surface area contributed by atoms with E-state index in [-0.39, 0.29) is 0 Å². The van der Waals surface area contributed by atoms with Crippen LogP contribution in [0.2, 0.25) is 0 Å². The van der Waals surface area contributed by atoms with Gasteiger partial charge in [0.1, 0.15) is 0 Å². The van der Waals surface area contributed by atoms with Gasteiger partial charge in [-0.1, -0.05) is 13.8 Å². The van der Waals surface area contributed by atoms with Crippen molar-refractivity contribution in [1.82, 2.24) is 15.1 Å². The summed E-state index contributed by atoms with van der Waals surface area (Å²) in [4.78, 5) is 5.39. The SMILES string of the molecule is CN1C2CCC1CN(CC1NCCCC1(C)C)CC2. The van der Waals surface area contributed by atoms with E-state index in [1.807, 2.05) is 0 Å². The van der Waals surface area contributed by atoms with Crippen LogP contribution in [-0.4, -0.2) is 61.2 Å². The fourth-order valence-electron chi connectivity index (χ4n) is 4.39. The van der Waals surface area contributed by atoms with Crippen molar-refractivity contribution in [2.45, 2.75) is 64.1 Å². The van der Waals surface area contributed by atoms with Crippen LogP contribution < -0.4 is 5.32 Å². The van der Waals surface area contributed by atoms with E-state index in [0.717, 1.165) is 12.1 Å². The third-order valence-corrected chi connectivity index (χ3v) is 6.01. The highest BCUT2D eigenvalue weighted by Crippen LogP contribution is 2.32. The molecule has 2 bridgehead atoms. The quantitative estimate of drug-likeness (QED) is 0.823. The lowest BCUT2D eigenvalue weighted by molar-refractivity contribution is 0.120. The van der Waals surface area contributed by atoms with Crippen LogP contribution in [0.25, 0.3) is 0 Å². The third kappa shape index (κ3) is 2.84. The summed E-state index contributed by atoms with van der Waals surface area (Å²) in [7, 11) is 2.34. The highest BCUT2D eigenvalue weighted by atomic mass is 15.3. The Morgan fingerprint density at radius 1 is 1.16 bits per heavy atom. The number of likely N-dealkylation sites (N-methyl/N-ethyl adjacent to an activating group) is 1. The molecule has 3 atom stereocenters.